The highest BCUT2D eigenvalue weighted by atomic mass is 32.2. The predicted octanol–water partition coefficient (Wildman–Crippen LogP) is 1.52. The van der Waals surface area contributed by atoms with Crippen LogP contribution in [0.4, 0.5) is 0 Å². The molecular formula is C16H22O6S. The number of hydrogen-bond acceptors (Lipinski definition) is 6. The molecule has 0 saturated carbocycles. The van der Waals surface area contributed by atoms with Crippen LogP contribution in [0.5, 0.6) is 0 Å². The van der Waals surface area contributed by atoms with Gasteiger partial charge in [0.1, 0.15) is 5.60 Å². The van der Waals surface area contributed by atoms with E-state index >= 15 is 0 Å². The summed E-state index contributed by atoms with van der Waals surface area (Å²) in [6, 6.07) is 6.57. The summed E-state index contributed by atoms with van der Waals surface area (Å²) in [7, 11) is -3.81. The Morgan fingerprint density at radius 2 is 1.65 bits per heavy atom. The minimum atomic E-state index is -3.81. The van der Waals surface area contributed by atoms with Gasteiger partial charge in [-0.2, -0.15) is 8.42 Å². The molecule has 0 radical (unpaired) electrons. The van der Waals surface area contributed by atoms with Gasteiger partial charge in [-0.05, 0) is 26.0 Å². The Morgan fingerprint density at radius 1 is 1.04 bits per heavy atom. The lowest BCUT2D eigenvalue weighted by Gasteiger charge is -2.29. The molecule has 7 heteroatoms. The first kappa shape index (κ1) is 16.9. The molecule has 1 aromatic carbocycles. The number of hydrogen-bond donors (Lipinski definition) is 0. The highest BCUT2D eigenvalue weighted by Gasteiger charge is 2.44. The zero-order valence-corrected chi connectivity index (χ0v) is 14.2. The van der Waals surface area contributed by atoms with Crippen molar-refractivity contribution in [3.8, 4) is 0 Å². The number of rotatable bonds is 4. The Kier molecular flexibility index (Phi) is 4.50. The number of fused-ring (bicyclic) bond motifs is 3. The molecule has 128 valence electrons. The van der Waals surface area contributed by atoms with Crippen molar-refractivity contribution in [3.63, 3.8) is 0 Å². The molecule has 0 aliphatic carbocycles. The maximum absolute atomic E-state index is 12.3. The highest BCUT2D eigenvalue weighted by molar-refractivity contribution is 7.86. The molecule has 2 bridgehead atoms. The Bertz CT molecular complexity index is 642. The number of aryl methyl sites for hydroxylation is 1. The first-order valence-electron chi connectivity index (χ1n) is 7.58. The topological polar surface area (TPSA) is 71.1 Å². The molecule has 0 aromatic heterocycles. The van der Waals surface area contributed by atoms with Crippen molar-refractivity contribution in [2.75, 3.05) is 39.6 Å². The van der Waals surface area contributed by atoms with Gasteiger partial charge in [0.15, 0.2) is 0 Å². The van der Waals surface area contributed by atoms with Gasteiger partial charge in [-0.3, -0.25) is 4.18 Å². The smallest absolute Gasteiger partial charge is 0.296 e. The van der Waals surface area contributed by atoms with Gasteiger partial charge in [0, 0.05) is 0 Å². The highest BCUT2D eigenvalue weighted by Crippen LogP contribution is 2.32. The monoisotopic (exact) mass is 342 g/mol. The van der Waals surface area contributed by atoms with Crippen molar-refractivity contribution >= 4 is 10.1 Å². The molecule has 2 aliphatic heterocycles. The van der Waals surface area contributed by atoms with Gasteiger partial charge in [-0.25, -0.2) is 0 Å². The fourth-order valence-corrected chi connectivity index (χ4v) is 3.66. The Hall–Kier alpha value is -0.990. The van der Waals surface area contributed by atoms with E-state index in [-0.39, 0.29) is 11.5 Å². The molecule has 2 aliphatic rings. The Morgan fingerprint density at radius 3 is 2.26 bits per heavy atom. The molecule has 23 heavy (non-hydrogen) atoms. The maximum Gasteiger partial charge on any atom is 0.296 e. The van der Waals surface area contributed by atoms with Gasteiger partial charge >= 0.3 is 0 Å². The summed E-state index contributed by atoms with van der Waals surface area (Å²) in [4.78, 5) is 0.148. The first-order valence-corrected chi connectivity index (χ1v) is 8.99. The molecule has 3 rings (SSSR count). The Balaban J connectivity index is 1.72. The predicted molar refractivity (Wildman–Crippen MR) is 82.7 cm³/mol. The van der Waals surface area contributed by atoms with Gasteiger partial charge in [-0.1, -0.05) is 17.7 Å². The zero-order chi connectivity index (χ0) is 16.6. The van der Waals surface area contributed by atoms with E-state index in [1.54, 1.807) is 24.3 Å². The standard InChI is InChI=1S/C16H22O6S/c1-13-3-5-14(6-4-13)23(17,18)22-12-16-9-19-7-15(2,21-11-16)8-20-10-16/h3-6H,7-12H2,1-2H3. The lowest BCUT2D eigenvalue weighted by Crippen LogP contribution is -2.41. The second-order valence-corrected chi connectivity index (χ2v) is 8.37. The molecule has 0 N–H and O–H groups in total. The van der Waals surface area contributed by atoms with E-state index in [2.05, 4.69) is 0 Å². The normalized spacial score (nSPS) is 31.6. The largest absolute Gasteiger partial charge is 0.378 e. The van der Waals surface area contributed by atoms with Crippen molar-refractivity contribution in [1.29, 1.82) is 0 Å². The van der Waals surface area contributed by atoms with Crippen LogP contribution in [-0.4, -0.2) is 53.7 Å². The van der Waals surface area contributed by atoms with E-state index in [1.807, 2.05) is 13.8 Å². The molecule has 1 aromatic rings. The summed E-state index contributed by atoms with van der Waals surface area (Å²) in [6.45, 7) is 5.72. The molecule has 0 amide bonds. The van der Waals surface area contributed by atoms with Gasteiger partial charge in [0.25, 0.3) is 10.1 Å². The summed E-state index contributed by atoms with van der Waals surface area (Å²) >= 11 is 0. The number of benzene rings is 1. The van der Waals surface area contributed by atoms with Crippen LogP contribution in [0.15, 0.2) is 29.2 Å². The van der Waals surface area contributed by atoms with Crippen LogP contribution in [0.25, 0.3) is 0 Å². The summed E-state index contributed by atoms with van der Waals surface area (Å²) in [5.41, 5.74) is -0.0929. The average molecular weight is 342 g/mol. The second kappa shape index (κ2) is 6.14. The van der Waals surface area contributed by atoms with Crippen molar-refractivity contribution in [2.45, 2.75) is 24.3 Å². The molecule has 6 nitrogen and oxygen atoms in total. The Labute approximate surface area is 136 Å². The molecule has 0 unspecified atom stereocenters. The molecule has 2 saturated heterocycles. The number of ether oxygens (including phenoxy) is 3. The minimum absolute atomic E-state index is 0.0285. The van der Waals surface area contributed by atoms with Gasteiger partial charge < -0.3 is 14.2 Å². The van der Waals surface area contributed by atoms with Crippen LogP contribution >= 0.6 is 0 Å². The van der Waals surface area contributed by atoms with Crippen molar-refractivity contribution in [1.82, 2.24) is 0 Å². The zero-order valence-electron chi connectivity index (χ0n) is 13.4. The fraction of sp³-hybridized carbons (Fsp3) is 0.625. The first-order chi connectivity index (χ1) is 10.8. The van der Waals surface area contributed by atoms with Crippen molar-refractivity contribution in [3.05, 3.63) is 29.8 Å². The van der Waals surface area contributed by atoms with Gasteiger partial charge in [-0.15, -0.1) is 0 Å². The van der Waals surface area contributed by atoms with Crippen LogP contribution in [0.1, 0.15) is 12.5 Å². The van der Waals surface area contributed by atoms with E-state index in [1.165, 1.54) is 0 Å². The van der Waals surface area contributed by atoms with Gasteiger partial charge in [0.05, 0.1) is 50.0 Å². The van der Waals surface area contributed by atoms with Crippen LogP contribution in [-0.2, 0) is 28.5 Å². The summed E-state index contributed by atoms with van der Waals surface area (Å²) in [6.07, 6.45) is 0. The lowest BCUT2D eigenvalue weighted by atomic mass is 9.92. The van der Waals surface area contributed by atoms with E-state index in [0.717, 1.165) is 5.56 Å². The molecule has 0 spiro atoms. The van der Waals surface area contributed by atoms with E-state index in [4.69, 9.17) is 18.4 Å². The SMILES string of the molecule is Cc1ccc(S(=O)(=O)OCC23COCC(C)(COC2)OC3)cc1. The van der Waals surface area contributed by atoms with Crippen LogP contribution in [0.3, 0.4) is 0 Å². The van der Waals surface area contributed by atoms with Gasteiger partial charge in [0.2, 0.25) is 0 Å². The summed E-state index contributed by atoms with van der Waals surface area (Å²) < 4.78 is 47.2. The third kappa shape index (κ3) is 3.75. The van der Waals surface area contributed by atoms with Crippen LogP contribution in [0, 0.1) is 12.3 Å². The van der Waals surface area contributed by atoms with E-state index in [0.29, 0.717) is 33.0 Å². The lowest BCUT2D eigenvalue weighted by molar-refractivity contribution is -0.0967. The van der Waals surface area contributed by atoms with Crippen LogP contribution < -0.4 is 0 Å². The average Bonchev–Trinajstić information content (AvgIpc) is 2.75. The summed E-state index contributed by atoms with van der Waals surface area (Å²) in [5, 5.41) is 0. The third-order valence-corrected chi connectivity index (χ3v) is 5.47. The van der Waals surface area contributed by atoms with Crippen molar-refractivity contribution in [2.24, 2.45) is 5.41 Å². The van der Waals surface area contributed by atoms with E-state index in [9.17, 15) is 8.42 Å². The summed E-state index contributed by atoms with van der Waals surface area (Å²) in [5.74, 6) is 0. The quantitative estimate of drug-likeness (QED) is 0.773. The molecular weight excluding hydrogens is 320 g/mol. The fourth-order valence-electron chi connectivity index (χ4n) is 2.64. The second-order valence-electron chi connectivity index (χ2n) is 6.75. The minimum Gasteiger partial charge on any atom is -0.378 e. The van der Waals surface area contributed by atoms with Crippen LogP contribution in [0.2, 0.25) is 0 Å². The molecule has 2 fully saturated rings. The van der Waals surface area contributed by atoms with E-state index < -0.39 is 21.1 Å². The van der Waals surface area contributed by atoms with Crippen molar-refractivity contribution < 1.29 is 26.8 Å². The molecule has 0 atom stereocenters. The maximum atomic E-state index is 12.3. The third-order valence-electron chi connectivity index (χ3n) is 4.19. The molecule has 2 heterocycles.